The first-order valence-corrected chi connectivity index (χ1v) is 8.33. The Morgan fingerprint density at radius 2 is 1.71 bits per heavy atom. The quantitative estimate of drug-likeness (QED) is 0.903. The summed E-state index contributed by atoms with van der Waals surface area (Å²) >= 11 is 0. The predicted molar refractivity (Wildman–Crippen MR) is 82.0 cm³/mol. The van der Waals surface area contributed by atoms with Crippen LogP contribution in [0.5, 0.6) is 0 Å². The lowest BCUT2D eigenvalue weighted by molar-refractivity contribution is -0.143. The third-order valence-corrected chi connectivity index (χ3v) is 4.92. The average molecular weight is 290 g/mol. The van der Waals surface area contributed by atoms with Gasteiger partial charge in [-0.05, 0) is 44.8 Å². The van der Waals surface area contributed by atoms with E-state index in [0.29, 0.717) is 0 Å². The summed E-state index contributed by atoms with van der Waals surface area (Å²) in [6.07, 6.45) is 11.5. The van der Waals surface area contributed by atoms with Gasteiger partial charge in [0.2, 0.25) is 0 Å². The SMILES string of the molecule is O=C(N1CCCCCCC1)C1(n2cccn2)CCNCC1. The minimum absolute atomic E-state index is 0.287. The highest BCUT2D eigenvalue weighted by atomic mass is 16.2. The number of rotatable bonds is 2. The Bertz CT molecular complexity index is 443. The van der Waals surface area contributed by atoms with Crippen LogP contribution in [0.15, 0.2) is 18.5 Å². The number of hydrogen-bond donors (Lipinski definition) is 1. The van der Waals surface area contributed by atoms with Crippen LogP contribution in [0.3, 0.4) is 0 Å². The third-order valence-electron chi connectivity index (χ3n) is 4.92. The molecule has 1 amide bonds. The fourth-order valence-corrected chi connectivity index (χ4v) is 3.65. The van der Waals surface area contributed by atoms with E-state index in [1.807, 2.05) is 16.9 Å². The number of carbonyl (C=O) groups excluding carboxylic acids is 1. The van der Waals surface area contributed by atoms with Gasteiger partial charge in [0, 0.05) is 25.5 Å². The summed E-state index contributed by atoms with van der Waals surface area (Å²) in [5.41, 5.74) is -0.464. The molecule has 5 heteroatoms. The van der Waals surface area contributed by atoms with Crippen molar-refractivity contribution in [2.45, 2.75) is 50.5 Å². The maximum atomic E-state index is 13.3. The van der Waals surface area contributed by atoms with Crippen molar-refractivity contribution >= 4 is 5.91 Å². The molecule has 2 saturated heterocycles. The first-order valence-electron chi connectivity index (χ1n) is 8.33. The molecule has 1 aromatic heterocycles. The van der Waals surface area contributed by atoms with Crippen LogP contribution >= 0.6 is 0 Å². The summed E-state index contributed by atoms with van der Waals surface area (Å²) in [7, 11) is 0. The van der Waals surface area contributed by atoms with E-state index in [1.54, 1.807) is 6.20 Å². The van der Waals surface area contributed by atoms with Crippen molar-refractivity contribution < 1.29 is 4.79 Å². The van der Waals surface area contributed by atoms with Gasteiger partial charge in [0.25, 0.3) is 5.91 Å². The molecule has 3 heterocycles. The van der Waals surface area contributed by atoms with Gasteiger partial charge in [-0.1, -0.05) is 19.3 Å². The zero-order valence-electron chi connectivity index (χ0n) is 12.8. The summed E-state index contributed by atoms with van der Waals surface area (Å²) in [6.45, 7) is 3.60. The summed E-state index contributed by atoms with van der Waals surface area (Å²) < 4.78 is 1.91. The number of piperidine rings is 1. The van der Waals surface area contributed by atoms with Gasteiger partial charge in [-0.25, -0.2) is 0 Å². The molecule has 5 nitrogen and oxygen atoms in total. The second kappa shape index (κ2) is 6.60. The van der Waals surface area contributed by atoms with E-state index in [2.05, 4.69) is 15.3 Å². The van der Waals surface area contributed by atoms with E-state index < -0.39 is 5.54 Å². The summed E-state index contributed by atoms with van der Waals surface area (Å²) in [4.78, 5) is 15.4. The van der Waals surface area contributed by atoms with Crippen LogP contribution in [0.1, 0.15) is 44.9 Å². The normalized spacial score (nSPS) is 23.3. The molecule has 0 unspecified atom stereocenters. The van der Waals surface area contributed by atoms with Gasteiger partial charge in [-0.2, -0.15) is 5.10 Å². The highest BCUT2D eigenvalue weighted by molar-refractivity contribution is 5.84. The molecule has 0 bridgehead atoms. The number of amides is 1. The summed E-state index contributed by atoms with van der Waals surface area (Å²) in [6, 6.07) is 1.92. The van der Waals surface area contributed by atoms with Crippen molar-refractivity contribution in [2.75, 3.05) is 26.2 Å². The van der Waals surface area contributed by atoms with E-state index in [0.717, 1.165) is 51.9 Å². The van der Waals surface area contributed by atoms with Gasteiger partial charge in [0.05, 0.1) is 0 Å². The van der Waals surface area contributed by atoms with Gasteiger partial charge in [-0.3, -0.25) is 9.48 Å². The van der Waals surface area contributed by atoms with Gasteiger partial charge in [0.1, 0.15) is 5.54 Å². The lowest BCUT2D eigenvalue weighted by Crippen LogP contribution is -2.56. The maximum absolute atomic E-state index is 13.3. The van der Waals surface area contributed by atoms with Crippen LogP contribution in [-0.4, -0.2) is 46.8 Å². The third kappa shape index (κ3) is 2.98. The number of carbonyl (C=O) groups is 1. The number of nitrogens with zero attached hydrogens (tertiary/aromatic N) is 3. The molecule has 2 aliphatic rings. The molecular formula is C16H26N4O. The van der Waals surface area contributed by atoms with Crippen LogP contribution in [0.4, 0.5) is 0 Å². The second-order valence-corrected chi connectivity index (χ2v) is 6.29. The molecule has 3 rings (SSSR count). The molecule has 0 atom stereocenters. The predicted octanol–water partition coefficient (Wildman–Crippen LogP) is 1.75. The molecule has 0 aromatic carbocycles. The molecule has 21 heavy (non-hydrogen) atoms. The van der Waals surface area contributed by atoms with Crippen LogP contribution in [0, 0.1) is 0 Å². The van der Waals surface area contributed by atoms with Crippen molar-refractivity contribution in [3.05, 3.63) is 18.5 Å². The fraction of sp³-hybridized carbons (Fsp3) is 0.750. The highest BCUT2D eigenvalue weighted by Gasteiger charge is 2.44. The van der Waals surface area contributed by atoms with E-state index in [9.17, 15) is 4.79 Å². The highest BCUT2D eigenvalue weighted by Crippen LogP contribution is 2.30. The molecule has 0 radical (unpaired) electrons. The standard InChI is InChI=1S/C16H26N4O/c21-15(19-12-4-2-1-3-5-13-19)16(7-10-17-11-8-16)20-14-6-9-18-20/h6,9,14,17H,1-5,7-8,10-13H2. The largest absolute Gasteiger partial charge is 0.341 e. The van der Waals surface area contributed by atoms with Crippen molar-refractivity contribution in [1.82, 2.24) is 20.0 Å². The van der Waals surface area contributed by atoms with Crippen LogP contribution in [0.25, 0.3) is 0 Å². The zero-order valence-corrected chi connectivity index (χ0v) is 12.8. The van der Waals surface area contributed by atoms with Crippen molar-refractivity contribution in [2.24, 2.45) is 0 Å². The van der Waals surface area contributed by atoms with Gasteiger partial charge >= 0.3 is 0 Å². The lowest BCUT2D eigenvalue weighted by Gasteiger charge is -2.40. The molecule has 1 N–H and O–H groups in total. The van der Waals surface area contributed by atoms with Crippen molar-refractivity contribution in [3.8, 4) is 0 Å². The zero-order chi connectivity index (χ0) is 14.5. The number of aromatic nitrogens is 2. The Balaban J connectivity index is 1.83. The lowest BCUT2D eigenvalue weighted by atomic mass is 9.86. The van der Waals surface area contributed by atoms with Gasteiger partial charge in [0.15, 0.2) is 0 Å². The van der Waals surface area contributed by atoms with Crippen molar-refractivity contribution in [1.29, 1.82) is 0 Å². The molecule has 0 aliphatic carbocycles. The molecule has 1 aromatic rings. The fourth-order valence-electron chi connectivity index (χ4n) is 3.65. The molecule has 116 valence electrons. The maximum Gasteiger partial charge on any atom is 0.250 e. The first-order chi connectivity index (χ1) is 10.3. The topological polar surface area (TPSA) is 50.2 Å². The Morgan fingerprint density at radius 1 is 1.05 bits per heavy atom. The second-order valence-electron chi connectivity index (χ2n) is 6.29. The van der Waals surface area contributed by atoms with Gasteiger partial charge in [-0.15, -0.1) is 0 Å². The minimum atomic E-state index is -0.464. The molecular weight excluding hydrogens is 264 g/mol. The Hall–Kier alpha value is -1.36. The Morgan fingerprint density at radius 3 is 2.33 bits per heavy atom. The molecule has 0 spiro atoms. The number of hydrogen-bond acceptors (Lipinski definition) is 3. The van der Waals surface area contributed by atoms with E-state index >= 15 is 0 Å². The molecule has 0 saturated carbocycles. The van der Waals surface area contributed by atoms with E-state index in [-0.39, 0.29) is 5.91 Å². The van der Waals surface area contributed by atoms with E-state index in [4.69, 9.17) is 0 Å². The minimum Gasteiger partial charge on any atom is -0.341 e. The first kappa shape index (κ1) is 14.6. The monoisotopic (exact) mass is 290 g/mol. The Kier molecular flexibility index (Phi) is 4.58. The molecule has 2 aliphatic heterocycles. The summed E-state index contributed by atoms with van der Waals surface area (Å²) in [5, 5.41) is 7.78. The van der Waals surface area contributed by atoms with Gasteiger partial charge < -0.3 is 10.2 Å². The molecule has 2 fully saturated rings. The van der Waals surface area contributed by atoms with E-state index in [1.165, 1.54) is 19.3 Å². The smallest absolute Gasteiger partial charge is 0.250 e. The number of nitrogens with one attached hydrogen (secondary N) is 1. The van der Waals surface area contributed by atoms with Crippen molar-refractivity contribution in [3.63, 3.8) is 0 Å². The van der Waals surface area contributed by atoms with Crippen LogP contribution < -0.4 is 5.32 Å². The van der Waals surface area contributed by atoms with Crippen LogP contribution in [-0.2, 0) is 10.3 Å². The average Bonchev–Trinajstić information content (AvgIpc) is 3.02. The number of likely N-dealkylation sites (tertiary alicyclic amines) is 1. The van der Waals surface area contributed by atoms with Crippen LogP contribution in [0.2, 0.25) is 0 Å². The summed E-state index contributed by atoms with van der Waals surface area (Å²) in [5.74, 6) is 0.287. The Labute approximate surface area is 126 Å².